The van der Waals surface area contributed by atoms with Crippen molar-refractivity contribution in [2.45, 2.75) is 19.6 Å². The molecule has 0 amide bonds. The van der Waals surface area contributed by atoms with Gasteiger partial charge in [0.05, 0.1) is 6.61 Å². The third kappa shape index (κ3) is 2.22. The number of ether oxygens (including phenoxy) is 1. The Bertz CT molecular complexity index is 572. The van der Waals surface area contributed by atoms with E-state index in [4.69, 9.17) is 10.00 Å². The average Bonchev–Trinajstić information content (AvgIpc) is 2.38. The second kappa shape index (κ2) is 4.86. The minimum absolute atomic E-state index is 0.102. The van der Waals surface area contributed by atoms with Gasteiger partial charge in [-0.3, -0.25) is 0 Å². The molecular formula is C14H13NO2. The standard InChI is InChI=1S/C14H13NO2/c1-10(8-15)17-14-7-6-11-4-2-3-5-12(11)13(14)9-16/h2-7,10,16H,9H2,1H3. The van der Waals surface area contributed by atoms with Gasteiger partial charge in [0.1, 0.15) is 11.8 Å². The van der Waals surface area contributed by atoms with Gasteiger partial charge in [0.2, 0.25) is 0 Å². The lowest BCUT2D eigenvalue weighted by Crippen LogP contribution is -2.09. The van der Waals surface area contributed by atoms with Gasteiger partial charge in [0.25, 0.3) is 0 Å². The van der Waals surface area contributed by atoms with E-state index in [9.17, 15) is 5.11 Å². The highest BCUT2D eigenvalue weighted by molar-refractivity contribution is 5.87. The first-order valence-corrected chi connectivity index (χ1v) is 5.44. The van der Waals surface area contributed by atoms with Gasteiger partial charge in [0.15, 0.2) is 6.10 Å². The van der Waals surface area contributed by atoms with E-state index in [0.717, 1.165) is 16.3 Å². The zero-order chi connectivity index (χ0) is 12.3. The fourth-order valence-electron chi connectivity index (χ4n) is 1.81. The van der Waals surface area contributed by atoms with Crippen molar-refractivity contribution in [1.29, 1.82) is 5.26 Å². The summed E-state index contributed by atoms with van der Waals surface area (Å²) in [4.78, 5) is 0. The van der Waals surface area contributed by atoms with Gasteiger partial charge in [-0.05, 0) is 23.8 Å². The Morgan fingerprint density at radius 3 is 2.76 bits per heavy atom. The number of hydrogen-bond acceptors (Lipinski definition) is 3. The van der Waals surface area contributed by atoms with Crippen LogP contribution in [0, 0.1) is 11.3 Å². The number of nitriles is 1. The maximum absolute atomic E-state index is 9.44. The topological polar surface area (TPSA) is 53.2 Å². The van der Waals surface area contributed by atoms with Crippen molar-refractivity contribution in [3.63, 3.8) is 0 Å². The molecular weight excluding hydrogens is 214 g/mol. The molecule has 86 valence electrons. The van der Waals surface area contributed by atoms with Crippen LogP contribution in [0.1, 0.15) is 12.5 Å². The minimum Gasteiger partial charge on any atom is -0.475 e. The molecule has 0 saturated heterocycles. The summed E-state index contributed by atoms with van der Waals surface area (Å²) in [6, 6.07) is 13.5. The number of rotatable bonds is 3. The summed E-state index contributed by atoms with van der Waals surface area (Å²) in [6.07, 6.45) is -0.526. The molecule has 2 aromatic rings. The molecule has 0 fully saturated rings. The smallest absolute Gasteiger partial charge is 0.181 e. The molecule has 1 atom stereocenters. The zero-order valence-corrected chi connectivity index (χ0v) is 9.55. The van der Waals surface area contributed by atoms with Crippen molar-refractivity contribution in [2.75, 3.05) is 0 Å². The molecule has 0 aliphatic rings. The Morgan fingerprint density at radius 2 is 2.06 bits per heavy atom. The van der Waals surface area contributed by atoms with Crippen LogP contribution in [0.25, 0.3) is 10.8 Å². The number of aliphatic hydroxyl groups excluding tert-OH is 1. The largest absolute Gasteiger partial charge is 0.475 e. The minimum atomic E-state index is -0.526. The van der Waals surface area contributed by atoms with E-state index in [0.29, 0.717) is 5.75 Å². The van der Waals surface area contributed by atoms with Crippen LogP contribution in [0.3, 0.4) is 0 Å². The molecule has 2 aromatic carbocycles. The van der Waals surface area contributed by atoms with Crippen LogP contribution < -0.4 is 4.74 Å². The van der Waals surface area contributed by atoms with Gasteiger partial charge >= 0.3 is 0 Å². The molecule has 0 bridgehead atoms. The van der Waals surface area contributed by atoms with Crippen molar-refractivity contribution < 1.29 is 9.84 Å². The first kappa shape index (κ1) is 11.4. The predicted octanol–water partition coefficient (Wildman–Crippen LogP) is 2.62. The van der Waals surface area contributed by atoms with Crippen LogP contribution in [0.5, 0.6) is 5.75 Å². The van der Waals surface area contributed by atoms with E-state index >= 15 is 0 Å². The Hall–Kier alpha value is -2.05. The lowest BCUT2D eigenvalue weighted by Gasteiger charge is -2.13. The molecule has 0 heterocycles. The Morgan fingerprint density at radius 1 is 1.29 bits per heavy atom. The van der Waals surface area contributed by atoms with Crippen LogP contribution in [-0.4, -0.2) is 11.2 Å². The molecule has 2 rings (SSSR count). The van der Waals surface area contributed by atoms with Crippen LogP contribution in [0.2, 0.25) is 0 Å². The highest BCUT2D eigenvalue weighted by Gasteiger charge is 2.10. The number of benzene rings is 2. The molecule has 0 radical (unpaired) electrons. The molecule has 1 unspecified atom stereocenters. The number of nitrogens with zero attached hydrogens (tertiary/aromatic N) is 1. The van der Waals surface area contributed by atoms with Gasteiger partial charge in [-0.2, -0.15) is 5.26 Å². The van der Waals surface area contributed by atoms with E-state index in [-0.39, 0.29) is 6.61 Å². The van der Waals surface area contributed by atoms with Crippen molar-refractivity contribution in [2.24, 2.45) is 0 Å². The third-order valence-electron chi connectivity index (χ3n) is 2.64. The molecule has 0 aliphatic carbocycles. The van der Waals surface area contributed by atoms with Crippen molar-refractivity contribution in [3.8, 4) is 11.8 Å². The van der Waals surface area contributed by atoms with E-state index < -0.39 is 6.10 Å². The van der Waals surface area contributed by atoms with Crippen molar-refractivity contribution in [1.82, 2.24) is 0 Å². The quantitative estimate of drug-likeness (QED) is 0.876. The number of hydrogen-bond donors (Lipinski definition) is 1. The first-order valence-electron chi connectivity index (χ1n) is 5.44. The molecule has 1 N–H and O–H groups in total. The monoisotopic (exact) mass is 227 g/mol. The fraction of sp³-hybridized carbons (Fsp3) is 0.214. The van der Waals surface area contributed by atoms with Crippen LogP contribution >= 0.6 is 0 Å². The lowest BCUT2D eigenvalue weighted by molar-refractivity contribution is 0.249. The number of fused-ring (bicyclic) bond motifs is 1. The SMILES string of the molecule is CC(C#N)Oc1ccc2ccccc2c1CO. The molecule has 17 heavy (non-hydrogen) atoms. The van der Waals surface area contributed by atoms with Gasteiger partial charge < -0.3 is 9.84 Å². The lowest BCUT2D eigenvalue weighted by atomic mass is 10.0. The van der Waals surface area contributed by atoms with E-state index in [2.05, 4.69) is 0 Å². The molecule has 3 nitrogen and oxygen atoms in total. The van der Waals surface area contributed by atoms with Gasteiger partial charge in [-0.15, -0.1) is 0 Å². The van der Waals surface area contributed by atoms with Gasteiger partial charge in [-0.1, -0.05) is 30.3 Å². The summed E-state index contributed by atoms with van der Waals surface area (Å²) in [5, 5.41) is 20.2. The van der Waals surface area contributed by atoms with E-state index in [1.165, 1.54) is 0 Å². The maximum atomic E-state index is 9.44. The maximum Gasteiger partial charge on any atom is 0.181 e. The third-order valence-corrected chi connectivity index (χ3v) is 2.64. The van der Waals surface area contributed by atoms with E-state index in [1.54, 1.807) is 13.0 Å². The van der Waals surface area contributed by atoms with Crippen molar-refractivity contribution in [3.05, 3.63) is 42.0 Å². The Kier molecular flexibility index (Phi) is 3.27. The normalized spacial score (nSPS) is 12.1. The van der Waals surface area contributed by atoms with Crippen LogP contribution in [0.15, 0.2) is 36.4 Å². The van der Waals surface area contributed by atoms with Gasteiger partial charge in [-0.25, -0.2) is 0 Å². The van der Waals surface area contributed by atoms with Gasteiger partial charge in [0, 0.05) is 5.56 Å². The highest BCUT2D eigenvalue weighted by atomic mass is 16.5. The molecule has 0 aromatic heterocycles. The molecule has 3 heteroatoms. The summed E-state index contributed by atoms with van der Waals surface area (Å²) in [7, 11) is 0. The van der Waals surface area contributed by atoms with Crippen LogP contribution in [-0.2, 0) is 6.61 Å². The number of aliphatic hydroxyl groups is 1. The molecule has 0 spiro atoms. The van der Waals surface area contributed by atoms with Crippen LogP contribution in [0.4, 0.5) is 0 Å². The second-order valence-corrected chi connectivity index (χ2v) is 3.81. The molecule has 0 aliphatic heterocycles. The predicted molar refractivity (Wildman–Crippen MR) is 65.6 cm³/mol. The first-order chi connectivity index (χ1) is 8.26. The Balaban J connectivity index is 2.54. The fourth-order valence-corrected chi connectivity index (χ4v) is 1.81. The summed E-state index contributed by atoms with van der Waals surface area (Å²) in [5.74, 6) is 0.570. The highest BCUT2D eigenvalue weighted by Crippen LogP contribution is 2.28. The van der Waals surface area contributed by atoms with E-state index in [1.807, 2.05) is 36.4 Å². The summed E-state index contributed by atoms with van der Waals surface area (Å²) in [6.45, 7) is 1.57. The average molecular weight is 227 g/mol. The van der Waals surface area contributed by atoms with Crippen molar-refractivity contribution >= 4 is 10.8 Å². The summed E-state index contributed by atoms with van der Waals surface area (Å²) >= 11 is 0. The summed E-state index contributed by atoms with van der Waals surface area (Å²) < 4.78 is 5.47. The Labute approximate surface area is 99.9 Å². The molecule has 0 saturated carbocycles. The second-order valence-electron chi connectivity index (χ2n) is 3.81. The summed E-state index contributed by atoms with van der Waals surface area (Å²) in [5.41, 5.74) is 0.727. The zero-order valence-electron chi connectivity index (χ0n) is 9.55.